The van der Waals surface area contributed by atoms with Crippen molar-refractivity contribution in [3.8, 4) is 11.5 Å². The quantitative estimate of drug-likeness (QED) is 0.485. The highest BCUT2D eigenvalue weighted by atomic mass is 16.5. The summed E-state index contributed by atoms with van der Waals surface area (Å²) in [5, 5.41) is 13.5. The smallest absolute Gasteiger partial charge is 0.266 e. The number of rotatable bonds is 4. The number of aromatic hydroxyl groups is 1. The second-order valence-electron chi connectivity index (χ2n) is 3.57. The van der Waals surface area contributed by atoms with E-state index in [9.17, 15) is 9.90 Å². The molecule has 1 rings (SSSR count). The molecule has 1 aromatic rings. The Balaban J connectivity index is 2.77. The van der Waals surface area contributed by atoms with Crippen LogP contribution in [0.1, 0.15) is 19.4 Å². The van der Waals surface area contributed by atoms with E-state index in [1.165, 1.54) is 13.3 Å². The number of hydrogen-bond acceptors (Lipinski definition) is 4. The van der Waals surface area contributed by atoms with Crippen LogP contribution in [-0.2, 0) is 4.79 Å². The largest absolute Gasteiger partial charge is 0.504 e. The topological polar surface area (TPSA) is 70.9 Å². The molecule has 1 amide bonds. The fraction of sp³-hybridized carbons (Fsp3) is 0.231. The summed E-state index contributed by atoms with van der Waals surface area (Å²) in [6.07, 6.45) is 3.05. The molecule has 1 aromatic carbocycles. The Hall–Kier alpha value is -2.30. The third-order valence-corrected chi connectivity index (χ3v) is 2.41. The molecular formula is C13H16N2O3. The summed E-state index contributed by atoms with van der Waals surface area (Å²) in [6.45, 7) is 3.46. The number of nitrogens with zero attached hydrogens (tertiary/aromatic N) is 1. The Morgan fingerprint density at radius 2 is 2.22 bits per heavy atom. The van der Waals surface area contributed by atoms with Gasteiger partial charge in [0.25, 0.3) is 5.91 Å². The molecule has 18 heavy (non-hydrogen) atoms. The molecule has 0 bridgehead atoms. The van der Waals surface area contributed by atoms with E-state index < -0.39 is 0 Å². The van der Waals surface area contributed by atoms with Gasteiger partial charge in [-0.2, -0.15) is 5.10 Å². The molecule has 0 aliphatic rings. The van der Waals surface area contributed by atoms with Gasteiger partial charge in [-0.1, -0.05) is 12.1 Å². The Labute approximate surface area is 106 Å². The first-order valence-electron chi connectivity index (χ1n) is 5.42. The molecule has 0 saturated heterocycles. The Morgan fingerprint density at radius 1 is 1.50 bits per heavy atom. The zero-order valence-corrected chi connectivity index (χ0v) is 10.6. The van der Waals surface area contributed by atoms with Crippen molar-refractivity contribution in [2.45, 2.75) is 13.8 Å². The van der Waals surface area contributed by atoms with Gasteiger partial charge < -0.3 is 9.84 Å². The lowest BCUT2D eigenvalue weighted by Gasteiger charge is -2.04. The predicted molar refractivity (Wildman–Crippen MR) is 69.8 cm³/mol. The number of phenols is 1. The van der Waals surface area contributed by atoms with Crippen LogP contribution in [0.5, 0.6) is 11.5 Å². The number of nitrogens with one attached hydrogen (secondary N) is 1. The van der Waals surface area contributed by atoms with Crippen molar-refractivity contribution in [1.29, 1.82) is 0 Å². The Bertz CT molecular complexity index is 493. The average Bonchev–Trinajstić information content (AvgIpc) is 2.39. The van der Waals surface area contributed by atoms with Gasteiger partial charge in [-0.3, -0.25) is 4.79 Å². The molecule has 0 aliphatic heterocycles. The highest BCUT2D eigenvalue weighted by molar-refractivity contribution is 5.93. The van der Waals surface area contributed by atoms with Crippen molar-refractivity contribution in [2.75, 3.05) is 7.11 Å². The van der Waals surface area contributed by atoms with E-state index in [0.717, 1.165) is 0 Å². The van der Waals surface area contributed by atoms with Gasteiger partial charge in [0.15, 0.2) is 11.5 Å². The third kappa shape index (κ3) is 3.35. The number of ether oxygens (including phenoxy) is 1. The van der Waals surface area contributed by atoms with Gasteiger partial charge in [-0.25, -0.2) is 5.43 Å². The van der Waals surface area contributed by atoms with E-state index in [4.69, 9.17) is 4.74 Å². The van der Waals surface area contributed by atoms with E-state index >= 15 is 0 Å². The van der Waals surface area contributed by atoms with Crippen LogP contribution in [0.4, 0.5) is 0 Å². The van der Waals surface area contributed by atoms with Crippen LogP contribution in [0.3, 0.4) is 0 Å². The second-order valence-corrected chi connectivity index (χ2v) is 3.57. The van der Waals surface area contributed by atoms with Crippen LogP contribution in [-0.4, -0.2) is 24.3 Å². The summed E-state index contributed by atoms with van der Waals surface area (Å²) in [5.74, 6) is 0.0619. The summed E-state index contributed by atoms with van der Waals surface area (Å²) in [5.41, 5.74) is 3.39. The van der Waals surface area contributed by atoms with Gasteiger partial charge in [0.05, 0.1) is 13.3 Å². The maximum atomic E-state index is 11.4. The zero-order chi connectivity index (χ0) is 13.5. The number of para-hydroxylation sites is 1. The fourth-order valence-corrected chi connectivity index (χ4v) is 1.19. The number of phenolic OH excluding ortho intramolecular Hbond substituents is 1. The van der Waals surface area contributed by atoms with Gasteiger partial charge in [0.2, 0.25) is 0 Å². The number of allylic oxidation sites excluding steroid dienone is 1. The molecular weight excluding hydrogens is 232 g/mol. The molecule has 0 heterocycles. The van der Waals surface area contributed by atoms with Gasteiger partial charge in [-0.05, 0) is 26.0 Å². The minimum absolute atomic E-state index is 0.0132. The van der Waals surface area contributed by atoms with E-state index in [1.807, 2.05) is 0 Å². The molecule has 96 valence electrons. The van der Waals surface area contributed by atoms with Crippen molar-refractivity contribution in [3.05, 3.63) is 35.4 Å². The fourth-order valence-electron chi connectivity index (χ4n) is 1.19. The number of carbonyl (C=O) groups excluding carboxylic acids is 1. The molecule has 0 fully saturated rings. The molecule has 0 aromatic heterocycles. The standard InChI is InChI=1S/C13H16N2O3/c1-4-9(2)13(17)15-14-8-10-6-5-7-11(18-3)12(10)16/h4-8,16H,1-3H3,(H,15,17)/b9-4+,14-8+. The van der Waals surface area contributed by atoms with Gasteiger partial charge in [0, 0.05) is 11.1 Å². The SMILES string of the molecule is C/C=C(\C)C(=O)N/N=C/c1cccc(OC)c1O. The second kappa shape index (κ2) is 6.44. The first kappa shape index (κ1) is 13.8. The first-order chi connectivity index (χ1) is 8.60. The van der Waals surface area contributed by atoms with E-state index in [1.54, 1.807) is 38.1 Å². The average molecular weight is 248 g/mol. The molecule has 0 spiro atoms. The predicted octanol–water partition coefficient (Wildman–Crippen LogP) is 1.82. The van der Waals surface area contributed by atoms with E-state index in [2.05, 4.69) is 10.5 Å². The minimum atomic E-state index is -0.281. The van der Waals surface area contributed by atoms with Crippen LogP contribution in [0.15, 0.2) is 34.9 Å². The van der Waals surface area contributed by atoms with E-state index in [0.29, 0.717) is 16.9 Å². The van der Waals surface area contributed by atoms with Gasteiger partial charge in [-0.15, -0.1) is 0 Å². The number of carbonyl (C=O) groups is 1. The first-order valence-corrected chi connectivity index (χ1v) is 5.42. The number of hydrazone groups is 1. The summed E-state index contributed by atoms with van der Waals surface area (Å²) in [6, 6.07) is 5.02. The highest BCUT2D eigenvalue weighted by Gasteiger charge is 2.05. The number of methoxy groups -OCH3 is 1. The van der Waals surface area contributed by atoms with Crippen LogP contribution < -0.4 is 10.2 Å². The molecule has 0 atom stereocenters. The van der Waals surface area contributed by atoms with Crippen LogP contribution >= 0.6 is 0 Å². The molecule has 2 N–H and O–H groups in total. The number of hydrogen-bond donors (Lipinski definition) is 2. The maximum Gasteiger partial charge on any atom is 0.266 e. The normalized spacial score (nSPS) is 11.6. The third-order valence-electron chi connectivity index (χ3n) is 2.41. The lowest BCUT2D eigenvalue weighted by atomic mass is 10.2. The van der Waals surface area contributed by atoms with Crippen LogP contribution in [0.25, 0.3) is 0 Å². The van der Waals surface area contributed by atoms with Crippen molar-refractivity contribution in [3.63, 3.8) is 0 Å². The number of benzene rings is 1. The van der Waals surface area contributed by atoms with Crippen molar-refractivity contribution in [2.24, 2.45) is 5.10 Å². The maximum absolute atomic E-state index is 11.4. The molecule has 0 radical (unpaired) electrons. The van der Waals surface area contributed by atoms with Crippen molar-refractivity contribution >= 4 is 12.1 Å². The monoisotopic (exact) mass is 248 g/mol. The molecule has 0 saturated carbocycles. The summed E-state index contributed by atoms with van der Waals surface area (Å²) in [7, 11) is 1.47. The highest BCUT2D eigenvalue weighted by Crippen LogP contribution is 2.27. The van der Waals surface area contributed by atoms with Crippen molar-refractivity contribution in [1.82, 2.24) is 5.43 Å². The number of amides is 1. The lowest BCUT2D eigenvalue weighted by molar-refractivity contribution is -0.117. The Kier molecular flexibility index (Phi) is 4.92. The zero-order valence-electron chi connectivity index (χ0n) is 10.6. The molecule has 5 nitrogen and oxygen atoms in total. The summed E-state index contributed by atoms with van der Waals surface area (Å²) < 4.78 is 4.96. The minimum Gasteiger partial charge on any atom is -0.504 e. The molecule has 0 unspecified atom stereocenters. The van der Waals surface area contributed by atoms with Gasteiger partial charge in [0.1, 0.15) is 0 Å². The van der Waals surface area contributed by atoms with Gasteiger partial charge >= 0.3 is 0 Å². The Morgan fingerprint density at radius 3 is 2.83 bits per heavy atom. The lowest BCUT2D eigenvalue weighted by Crippen LogP contribution is -2.18. The van der Waals surface area contributed by atoms with Crippen LogP contribution in [0.2, 0.25) is 0 Å². The molecule has 0 aliphatic carbocycles. The van der Waals surface area contributed by atoms with Crippen molar-refractivity contribution < 1.29 is 14.6 Å². The summed E-state index contributed by atoms with van der Waals surface area (Å²) >= 11 is 0. The molecule has 5 heteroatoms. The van der Waals surface area contributed by atoms with E-state index in [-0.39, 0.29) is 11.7 Å². The van der Waals surface area contributed by atoms with Crippen LogP contribution in [0, 0.1) is 0 Å². The summed E-state index contributed by atoms with van der Waals surface area (Å²) in [4.78, 5) is 11.4.